The van der Waals surface area contributed by atoms with Crippen LogP contribution in [0.15, 0.2) is 60.7 Å². The summed E-state index contributed by atoms with van der Waals surface area (Å²) in [5.74, 6) is -0.302. The van der Waals surface area contributed by atoms with E-state index in [1.165, 1.54) is 29.1 Å². The van der Waals surface area contributed by atoms with Crippen LogP contribution in [0.2, 0.25) is 0 Å². The van der Waals surface area contributed by atoms with Crippen LogP contribution >= 0.6 is 11.5 Å². The summed E-state index contributed by atoms with van der Waals surface area (Å²) in [6.45, 7) is 5.41. The second kappa shape index (κ2) is 14.2. The summed E-state index contributed by atoms with van der Waals surface area (Å²) in [6.07, 6.45) is 5.45. The number of carboxylic acids is 1. The van der Waals surface area contributed by atoms with Crippen LogP contribution in [0.4, 0.5) is 10.5 Å². The number of carbonyl (C=O) groups excluding carboxylic acids is 2. The van der Waals surface area contributed by atoms with Gasteiger partial charge in [0.15, 0.2) is 0 Å². The molecule has 1 aliphatic rings. The summed E-state index contributed by atoms with van der Waals surface area (Å²) in [5.41, 5.74) is 6.23. The molecule has 0 bridgehead atoms. The number of carbonyl (C=O) groups is 2. The number of anilines is 1. The van der Waals surface area contributed by atoms with Crippen LogP contribution < -0.4 is 40.0 Å². The molecule has 6 nitrogen and oxygen atoms in total. The van der Waals surface area contributed by atoms with Crippen LogP contribution in [0.3, 0.4) is 0 Å². The number of aryl methyl sites for hydroxylation is 1. The van der Waals surface area contributed by atoms with E-state index in [1.54, 1.807) is 0 Å². The van der Waals surface area contributed by atoms with E-state index < -0.39 is 12.1 Å². The minimum absolute atomic E-state index is 0. The van der Waals surface area contributed by atoms with Crippen molar-refractivity contribution < 1.29 is 49.0 Å². The predicted octanol–water partition coefficient (Wildman–Crippen LogP) is 2.83. The van der Waals surface area contributed by atoms with E-state index in [2.05, 4.69) is 47.0 Å². The van der Waals surface area contributed by atoms with E-state index in [4.69, 9.17) is 14.6 Å². The summed E-state index contributed by atoms with van der Waals surface area (Å²) in [7, 11) is 0. The molecule has 0 saturated carbocycles. The number of carboxylic acid groups (broad SMARTS) is 1. The van der Waals surface area contributed by atoms with Gasteiger partial charge in [0.2, 0.25) is 0 Å². The molecule has 1 amide bonds. The molecule has 1 heterocycles. The molecule has 1 aliphatic carbocycles. The van der Waals surface area contributed by atoms with Gasteiger partial charge in [-0.3, -0.25) is 5.32 Å². The summed E-state index contributed by atoms with van der Waals surface area (Å²) < 4.78 is 9.82. The molecule has 0 saturated heterocycles. The molecule has 8 heteroatoms. The van der Waals surface area contributed by atoms with E-state index in [1.807, 2.05) is 37.3 Å². The van der Waals surface area contributed by atoms with Crippen molar-refractivity contribution in [1.29, 1.82) is 0 Å². The van der Waals surface area contributed by atoms with Crippen LogP contribution in [0, 0.1) is 12.8 Å². The van der Waals surface area contributed by atoms with E-state index in [0.717, 1.165) is 53.1 Å². The van der Waals surface area contributed by atoms with Gasteiger partial charge in [-0.2, -0.15) is 4.37 Å². The number of amides is 1. The topological polar surface area (TPSA) is 91.4 Å². The van der Waals surface area contributed by atoms with Crippen molar-refractivity contribution in [3.05, 3.63) is 77.5 Å². The summed E-state index contributed by atoms with van der Waals surface area (Å²) >= 11 is 1.39. The van der Waals surface area contributed by atoms with Crippen molar-refractivity contribution in [2.45, 2.75) is 46.6 Å². The fraction of sp³-hybridized carbons (Fsp3) is 0.296. The molecule has 1 aromatic heterocycles. The molecule has 0 aliphatic heterocycles. The zero-order valence-electron chi connectivity index (χ0n) is 20.7. The normalized spacial score (nSPS) is 14.5. The van der Waals surface area contributed by atoms with Crippen molar-refractivity contribution in [3.63, 3.8) is 0 Å². The summed E-state index contributed by atoms with van der Waals surface area (Å²) in [6, 6.07) is 18.2. The number of rotatable bonds is 5. The number of hydrogen-bond acceptors (Lipinski definition) is 6. The Labute approximate surface area is 232 Å². The van der Waals surface area contributed by atoms with Crippen molar-refractivity contribution in [1.82, 2.24) is 4.37 Å². The van der Waals surface area contributed by atoms with Gasteiger partial charge in [-0.25, -0.2) is 4.79 Å². The molecule has 0 fully saturated rings. The molecule has 35 heavy (non-hydrogen) atoms. The molecule has 0 unspecified atom stereocenters. The first-order valence-corrected chi connectivity index (χ1v) is 12.0. The zero-order chi connectivity index (χ0) is 24.5. The zero-order valence-corrected chi connectivity index (χ0v) is 23.5. The average molecular weight is 501 g/mol. The van der Waals surface area contributed by atoms with E-state index in [9.17, 15) is 4.79 Å². The van der Waals surface area contributed by atoms with Gasteiger partial charge >= 0.3 is 35.7 Å². The van der Waals surface area contributed by atoms with Crippen LogP contribution in [0.5, 0.6) is 0 Å². The maximum absolute atomic E-state index is 12.3. The Balaban J connectivity index is 0.000000804. The predicted molar refractivity (Wildman–Crippen MR) is 134 cm³/mol. The first-order valence-electron chi connectivity index (χ1n) is 11.2. The fourth-order valence-corrected chi connectivity index (χ4v) is 4.49. The molecule has 0 radical (unpaired) electrons. The molecular formula is C27H29N2NaO4S. The number of aromatic nitrogens is 1. The third kappa shape index (κ3) is 8.93. The number of hydrogen-bond donors (Lipinski definition) is 1. The molecule has 1 N–H and O–H groups in total. The first-order chi connectivity index (χ1) is 16.3. The number of nitrogens with zero attached hydrogens (tertiary/aromatic N) is 1. The van der Waals surface area contributed by atoms with E-state index >= 15 is 0 Å². The van der Waals surface area contributed by atoms with Gasteiger partial charge in [0.1, 0.15) is 6.61 Å². The van der Waals surface area contributed by atoms with E-state index in [0.29, 0.717) is 0 Å². The third-order valence-corrected chi connectivity index (χ3v) is 6.48. The van der Waals surface area contributed by atoms with Crippen LogP contribution in [0.1, 0.15) is 49.9 Å². The smallest absolute Gasteiger partial charge is 0.550 e. The number of nitrogens with one attached hydrogen (secondary N) is 1. The first kappa shape index (κ1) is 28.8. The molecular weight excluding hydrogens is 471 g/mol. The Morgan fingerprint density at radius 1 is 1.11 bits per heavy atom. The van der Waals surface area contributed by atoms with Crippen molar-refractivity contribution in [3.8, 4) is 10.4 Å². The van der Waals surface area contributed by atoms with Crippen LogP contribution in [0.25, 0.3) is 16.0 Å². The Morgan fingerprint density at radius 2 is 1.74 bits per heavy atom. The quantitative estimate of drug-likeness (QED) is 0.544. The standard InChI is InChI=1S/C25H26N2O2S.C2H4O2.Na/c1-17-8-10-20(11-9-17)21-12-14-22(15-13-21)24-23(18(2)27-30-24)26-25(28)29-16-19-6-4-3-5-7-19;1-2(3)4;/h3-7,10,12-15,17H,8-9,11,16H2,1-2H3,(H,26,28);1H3,(H,3,4);/q;;+1/p-1/t17-;;/m0../s1. The van der Waals surface area contributed by atoms with Gasteiger partial charge in [0.05, 0.1) is 16.3 Å². The van der Waals surface area contributed by atoms with Crippen LogP contribution in [-0.2, 0) is 16.1 Å². The van der Waals surface area contributed by atoms with Crippen LogP contribution in [-0.4, -0.2) is 16.4 Å². The molecule has 3 aromatic rings. The molecule has 0 spiro atoms. The van der Waals surface area contributed by atoms with Gasteiger partial charge in [-0.05, 0) is 72.8 Å². The summed E-state index contributed by atoms with van der Waals surface area (Å²) in [4.78, 5) is 22.2. The largest absolute Gasteiger partial charge is 1.00 e. The second-order valence-electron chi connectivity index (χ2n) is 8.34. The van der Waals surface area contributed by atoms with Gasteiger partial charge in [-0.15, -0.1) is 0 Å². The van der Waals surface area contributed by atoms with Crippen molar-refractivity contribution >= 4 is 34.9 Å². The molecule has 4 rings (SSSR count). The van der Waals surface area contributed by atoms with Crippen molar-refractivity contribution in [2.75, 3.05) is 5.32 Å². The Kier molecular flexibility index (Phi) is 11.7. The second-order valence-corrected chi connectivity index (χ2v) is 9.11. The van der Waals surface area contributed by atoms with Gasteiger partial charge in [0.25, 0.3) is 0 Å². The third-order valence-electron chi connectivity index (χ3n) is 5.49. The SMILES string of the molecule is CC(=O)[O-].Cc1nsc(-c2ccc(C3=CC[C@H](C)CC3)cc2)c1NC(=O)OCc1ccccc1.[Na+]. The fourth-order valence-electron chi connectivity index (χ4n) is 3.64. The number of allylic oxidation sites excluding steroid dienone is 2. The van der Waals surface area contributed by atoms with Crippen molar-refractivity contribution in [2.24, 2.45) is 5.92 Å². The number of benzene rings is 2. The van der Waals surface area contributed by atoms with E-state index in [-0.39, 0.29) is 36.2 Å². The minimum atomic E-state index is -1.08. The molecule has 1 atom stereocenters. The summed E-state index contributed by atoms with van der Waals surface area (Å²) in [5, 5.41) is 11.8. The molecule has 2 aromatic carbocycles. The monoisotopic (exact) mass is 500 g/mol. The average Bonchev–Trinajstić information content (AvgIpc) is 3.18. The Hall–Kier alpha value is -2.45. The van der Waals surface area contributed by atoms with Gasteiger partial charge in [0, 0.05) is 5.97 Å². The number of aliphatic carboxylic acids is 1. The minimum Gasteiger partial charge on any atom is -0.550 e. The van der Waals surface area contributed by atoms with Gasteiger partial charge in [-0.1, -0.05) is 67.6 Å². The van der Waals surface area contributed by atoms with Gasteiger partial charge < -0.3 is 14.6 Å². The Morgan fingerprint density at radius 3 is 2.34 bits per heavy atom. The number of ether oxygens (including phenoxy) is 1. The maximum Gasteiger partial charge on any atom is 1.00 e. The Bertz CT molecular complexity index is 1140. The molecule has 178 valence electrons. The maximum atomic E-state index is 12.3.